The Labute approximate surface area is 121 Å². The minimum Gasteiger partial charge on any atom is -0.329 e. The van der Waals surface area contributed by atoms with Crippen LogP contribution in [0, 0.1) is 6.92 Å². The van der Waals surface area contributed by atoms with Gasteiger partial charge in [-0.25, -0.2) is 0 Å². The molecule has 0 radical (unpaired) electrons. The molecule has 5 nitrogen and oxygen atoms in total. The Morgan fingerprint density at radius 1 is 1.35 bits per heavy atom. The molecule has 2 aliphatic rings. The summed E-state index contributed by atoms with van der Waals surface area (Å²) < 4.78 is 1.90. The number of aromatic nitrogens is 2. The first-order valence-electron chi connectivity index (χ1n) is 7.87. The van der Waals surface area contributed by atoms with Crippen LogP contribution in [0.2, 0.25) is 0 Å². The molecule has 0 aliphatic carbocycles. The van der Waals surface area contributed by atoms with Crippen molar-refractivity contribution in [3.05, 3.63) is 17.5 Å². The molecular weight excluding hydrogens is 250 g/mol. The van der Waals surface area contributed by atoms with Gasteiger partial charge in [0.25, 0.3) is 0 Å². The molecule has 2 unspecified atom stereocenters. The smallest absolute Gasteiger partial charge is 0.0641 e. The number of hydrogen-bond donors (Lipinski definition) is 1. The first kappa shape index (κ1) is 14.0. The van der Waals surface area contributed by atoms with Crippen LogP contribution in [0.3, 0.4) is 0 Å². The third kappa shape index (κ3) is 2.62. The number of nitrogens with zero attached hydrogens (tertiary/aromatic N) is 4. The number of rotatable bonds is 4. The van der Waals surface area contributed by atoms with Gasteiger partial charge in [-0.2, -0.15) is 5.10 Å². The Kier molecular flexibility index (Phi) is 4.10. The van der Waals surface area contributed by atoms with E-state index in [2.05, 4.69) is 28.0 Å². The van der Waals surface area contributed by atoms with Gasteiger partial charge >= 0.3 is 0 Å². The standard InChI is InChI=1S/C15H27N5/c1-12-14(11-18(2)17-12)15(9-16)20-8-5-13(10-20)19-6-3-4-7-19/h11,13,15H,3-10,16H2,1-2H3. The summed E-state index contributed by atoms with van der Waals surface area (Å²) >= 11 is 0. The molecule has 1 aromatic rings. The SMILES string of the molecule is Cc1nn(C)cc1C(CN)N1CCC(N2CCCC2)C1. The van der Waals surface area contributed by atoms with E-state index in [4.69, 9.17) is 5.73 Å². The fourth-order valence-electron chi connectivity index (χ4n) is 3.87. The normalized spacial score (nSPS) is 26.4. The maximum atomic E-state index is 6.07. The van der Waals surface area contributed by atoms with E-state index in [1.807, 2.05) is 11.7 Å². The zero-order valence-corrected chi connectivity index (χ0v) is 12.8. The summed E-state index contributed by atoms with van der Waals surface area (Å²) in [7, 11) is 1.99. The van der Waals surface area contributed by atoms with E-state index in [-0.39, 0.29) is 0 Å². The molecule has 0 spiro atoms. The molecule has 2 atom stereocenters. The highest BCUT2D eigenvalue weighted by Gasteiger charge is 2.33. The van der Waals surface area contributed by atoms with Crippen LogP contribution in [0.5, 0.6) is 0 Å². The van der Waals surface area contributed by atoms with Gasteiger partial charge in [0.15, 0.2) is 0 Å². The fraction of sp³-hybridized carbons (Fsp3) is 0.800. The van der Waals surface area contributed by atoms with E-state index in [1.54, 1.807) is 0 Å². The van der Waals surface area contributed by atoms with Gasteiger partial charge in [-0.1, -0.05) is 0 Å². The highest BCUT2D eigenvalue weighted by atomic mass is 15.3. The summed E-state index contributed by atoms with van der Waals surface area (Å²) in [4.78, 5) is 5.23. The molecule has 2 aliphatic heterocycles. The van der Waals surface area contributed by atoms with Gasteiger partial charge in [-0.15, -0.1) is 0 Å². The second kappa shape index (κ2) is 5.84. The van der Waals surface area contributed by atoms with Crippen molar-refractivity contribution in [1.82, 2.24) is 19.6 Å². The number of nitrogens with two attached hydrogens (primary N) is 1. The van der Waals surface area contributed by atoms with Gasteiger partial charge in [0, 0.05) is 44.5 Å². The number of likely N-dealkylation sites (tertiary alicyclic amines) is 2. The van der Waals surface area contributed by atoms with Crippen LogP contribution in [0.15, 0.2) is 6.20 Å². The fourth-order valence-corrected chi connectivity index (χ4v) is 3.87. The first-order valence-corrected chi connectivity index (χ1v) is 7.87. The molecule has 0 bridgehead atoms. The summed E-state index contributed by atoms with van der Waals surface area (Å²) in [5.74, 6) is 0. The Morgan fingerprint density at radius 2 is 2.10 bits per heavy atom. The second-order valence-corrected chi connectivity index (χ2v) is 6.28. The van der Waals surface area contributed by atoms with E-state index in [9.17, 15) is 0 Å². The van der Waals surface area contributed by atoms with E-state index >= 15 is 0 Å². The van der Waals surface area contributed by atoms with Crippen LogP contribution >= 0.6 is 0 Å². The van der Waals surface area contributed by atoms with Gasteiger partial charge in [0.1, 0.15) is 0 Å². The molecule has 112 valence electrons. The molecule has 2 N–H and O–H groups in total. The summed E-state index contributed by atoms with van der Waals surface area (Å²) in [6.45, 7) is 7.67. The molecule has 3 heterocycles. The quantitative estimate of drug-likeness (QED) is 0.888. The van der Waals surface area contributed by atoms with Crippen LogP contribution in [0.1, 0.15) is 36.6 Å². The maximum absolute atomic E-state index is 6.07. The Morgan fingerprint density at radius 3 is 2.70 bits per heavy atom. The predicted octanol–water partition coefficient (Wildman–Crippen LogP) is 0.898. The lowest BCUT2D eigenvalue weighted by Gasteiger charge is -2.28. The highest BCUT2D eigenvalue weighted by Crippen LogP contribution is 2.29. The average molecular weight is 277 g/mol. The molecule has 2 fully saturated rings. The van der Waals surface area contributed by atoms with Crippen LogP contribution in [-0.4, -0.2) is 58.3 Å². The molecule has 0 amide bonds. The van der Waals surface area contributed by atoms with Crippen molar-refractivity contribution in [1.29, 1.82) is 0 Å². The van der Waals surface area contributed by atoms with Crippen LogP contribution in [0.4, 0.5) is 0 Å². The van der Waals surface area contributed by atoms with Gasteiger partial charge in [-0.05, 0) is 39.3 Å². The first-order chi connectivity index (χ1) is 9.69. The lowest BCUT2D eigenvalue weighted by molar-refractivity contribution is 0.202. The van der Waals surface area contributed by atoms with Crippen LogP contribution in [-0.2, 0) is 7.05 Å². The molecule has 0 aromatic carbocycles. The van der Waals surface area contributed by atoms with Crippen LogP contribution in [0.25, 0.3) is 0 Å². The average Bonchev–Trinajstić information content (AvgIpc) is 3.12. The molecular formula is C15H27N5. The molecule has 3 rings (SSSR count). The highest BCUT2D eigenvalue weighted by molar-refractivity contribution is 5.21. The minimum absolute atomic E-state index is 0.330. The zero-order chi connectivity index (χ0) is 14.1. The lowest BCUT2D eigenvalue weighted by atomic mass is 10.1. The molecule has 2 saturated heterocycles. The summed E-state index contributed by atoms with van der Waals surface area (Å²) in [6.07, 6.45) is 6.17. The second-order valence-electron chi connectivity index (χ2n) is 6.28. The van der Waals surface area contributed by atoms with Crippen molar-refractivity contribution in [2.45, 2.75) is 38.3 Å². The zero-order valence-electron chi connectivity index (χ0n) is 12.8. The molecule has 20 heavy (non-hydrogen) atoms. The topological polar surface area (TPSA) is 50.3 Å². The van der Waals surface area contributed by atoms with Crippen molar-refractivity contribution in [2.24, 2.45) is 12.8 Å². The molecule has 5 heteroatoms. The van der Waals surface area contributed by atoms with E-state index in [0.717, 1.165) is 24.8 Å². The lowest BCUT2D eigenvalue weighted by Crippen LogP contribution is -2.38. The van der Waals surface area contributed by atoms with E-state index < -0.39 is 0 Å². The number of hydrogen-bond acceptors (Lipinski definition) is 4. The molecule has 0 saturated carbocycles. The van der Waals surface area contributed by atoms with Crippen molar-refractivity contribution in [3.8, 4) is 0 Å². The third-order valence-electron chi connectivity index (χ3n) is 4.93. The molecule has 1 aromatic heterocycles. The third-order valence-corrected chi connectivity index (χ3v) is 4.93. The van der Waals surface area contributed by atoms with Gasteiger partial charge < -0.3 is 5.73 Å². The van der Waals surface area contributed by atoms with Crippen LogP contribution < -0.4 is 5.73 Å². The van der Waals surface area contributed by atoms with Gasteiger partial charge in [-0.3, -0.25) is 14.5 Å². The largest absolute Gasteiger partial charge is 0.329 e. The minimum atomic E-state index is 0.330. The summed E-state index contributed by atoms with van der Waals surface area (Å²) in [5.41, 5.74) is 8.49. The van der Waals surface area contributed by atoms with E-state index in [1.165, 1.54) is 37.9 Å². The summed E-state index contributed by atoms with van der Waals surface area (Å²) in [5, 5.41) is 4.47. The maximum Gasteiger partial charge on any atom is 0.0641 e. The predicted molar refractivity (Wildman–Crippen MR) is 80.5 cm³/mol. The Balaban J connectivity index is 1.69. The van der Waals surface area contributed by atoms with Crippen molar-refractivity contribution in [3.63, 3.8) is 0 Å². The van der Waals surface area contributed by atoms with Gasteiger partial charge in [0.2, 0.25) is 0 Å². The van der Waals surface area contributed by atoms with Gasteiger partial charge in [0.05, 0.1) is 11.7 Å². The summed E-state index contributed by atoms with van der Waals surface area (Å²) in [6, 6.07) is 1.07. The van der Waals surface area contributed by atoms with Crippen molar-refractivity contribution < 1.29 is 0 Å². The van der Waals surface area contributed by atoms with Crippen molar-refractivity contribution in [2.75, 3.05) is 32.7 Å². The number of aryl methyl sites for hydroxylation is 2. The Bertz CT molecular complexity index is 449. The Hall–Kier alpha value is -0.910. The van der Waals surface area contributed by atoms with Crippen molar-refractivity contribution >= 4 is 0 Å². The monoisotopic (exact) mass is 277 g/mol. The van der Waals surface area contributed by atoms with E-state index in [0.29, 0.717) is 12.6 Å².